The number of carboxylic acid groups (broad SMARTS) is 1. The Balaban J connectivity index is 2.38. The van der Waals surface area contributed by atoms with E-state index in [0.29, 0.717) is 6.42 Å². The predicted octanol–water partition coefficient (Wildman–Crippen LogP) is 2.21. The van der Waals surface area contributed by atoms with Crippen LogP contribution < -0.4 is 0 Å². The monoisotopic (exact) mass is 260 g/mol. The zero-order valence-electron chi connectivity index (χ0n) is 10.9. The minimum absolute atomic E-state index is 0.0907. The van der Waals surface area contributed by atoms with Gasteiger partial charge in [0.25, 0.3) is 0 Å². The summed E-state index contributed by atoms with van der Waals surface area (Å²) in [5, 5.41) is 22.7. The van der Waals surface area contributed by atoms with E-state index in [-0.39, 0.29) is 12.2 Å². The lowest BCUT2D eigenvalue weighted by Gasteiger charge is -2.05. The van der Waals surface area contributed by atoms with Gasteiger partial charge in [0.2, 0.25) is 0 Å². The molecular weight excluding hydrogens is 244 g/mol. The van der Waals surface area contributed by atoms with Crippen LogP contribution in [-0.4, -0.2) is 26.0 Å². The predicted molar refractivity (Wildman–Crippen MR) is 70.7 cm³/mol. The maximum absolute atomic E-state index is 10.7. The molecule has 0 atom stereocenters. The molecule has 0 aliphatic heterocycles. The van der Waals surface area contributed by atoms with Crippen LogP contribution in [0.25, 0.3) is 5.69 Å². The summed E-state index contributed by atoms with van der Waals surface area (Å²) in [6.07, 6.45) is 0.555. The van der Waals surface area contributed by atoms with Crippen molar-refractivity contribution in [3.05, 3.63) is 41.2 Å². The molecule has 0 aliphatic rings. The number of nitrogens with zero attached hydrogens (tertiary/aromatic N) is 2. The Hall–Kier alpha value is -2.30. The van der Waals surface area contributed by atoms with Gasteiger partial charge in [0.15, 0.2) is 0 Å². The van der Waals surface area contributed by atoms with E-state index in [2.05, 4.69) is 5.10 Å². The number of hydrogen-bond acceptors (Lipinski definition) is 3. The van der Waals surface area contributed by atoms with Gasteiger partial charge in [0.1, 0.15) is 5.75 Å². The normalized spacial score (nSPS) is 10.6. The van der Waals surface area contributed by atoms with E-state index in [1.165, 1.54) is 0 Å². The van der Waals surface area contributed by atoms with Gasteiger partial charge in [-0.1, -0.05) is 6.07 Å². The number of carboxylic acids is 1. The SMILES string of the molecule is Cc1nn(-c2cccc(O)c2)c(C)c1CCC(=O)O. The van der Waals surface area contributed by atoms with Gasteiger partial charge >= 0.3 is 5.97 Å². The molecule has 1 aromatic heterocycles. The largest absolute Gasteiger partial charge is 0.508 e. The van der Waals surface area contributed by atoms with Crippen LogP contribution in [0, 0.1) is 13.8 Å². The molecule has 0 saturated carbocycles. The van der Waals surface area contributed by atoms with Crippen LogP contribution in [0.15, 0.2) is 24.3 Å². The minimum Gasteiger partial charge on any atom is -0.508 e. The molecular formula is C14H16N2O3. The maximum atomic E-state index is 10.7. The lowest BCUT2D eigenvalue weighted by molar-refractivity contribution is -0.136. The van der Waals surface area contributed by atoms with Gasteiger partial charge in [0.05, 0.1) is 11.4 Å². The first-order valence-corrected chi connectivity index (χ1v) is 6.05. The molecule has 2 N–H and O–H groups in total. The Morgan fingerprint density at radius 1 is 1.37 bits per heavy atom. The molecule has 0 fully saturated rings. The second-order valence-corrected chi connectivity index (χ2v) is 4.47. The first-order chi connectivity index (χ1) is 8.99. The number of aliphatic carboxylic acids is 1. The third-order valence-corrected chi connectivity index (χ3v) is 3.10. The molecule has 0 radical (unpaired) electrons. The highest BCUT2D eigenvalue weighted by Gasteiger charge is 2.13. The lowest BCUT2D eigenvalue weighted by Crippen LogP contribution is -2.01. The number of aryl methyl sites for hydroxylation is 1. The van der Waals surface area contributed by atoms with Gasteiger partial charge in [-0.2, -0.15) is 5.10 Å². The molecule has 0 spiro atoms. The van der Waals surface area contributed by atoms with Crippen LogP contribution in [0.5, 0.6) is 5.75 Å². The fourth-order valence-electron chi connectivity index (χ4n) is 2.14. The van der Waals surface area contributed by atoms with Gasteiger partial charge in [-0.15, -0.1) is 0 Å². The van der Waals surface area contributed by atoms with E-state index in [1.807, 2.05) is 19.9 Å². The molecule has 19 heavy (non-hydrogen) atoms. The van der Waals surface area contributed by atoms with Crippen molar-refractivity contribution < 1.29 is 15.0 Å². The Bertz CT molecular complexity index is 617. The smallest absolute Gasteiger partial charge is 0.303 e. The van der Waals surface area contributed by atoms with E-state index in [1.54, 1.807) is 22.9 Å². The molecule has 1 aromatic carbocycles. The van der Waals surface area contributed by atoms with E-state index >= 15 is 0 Å². The summed E-state index contributed by atoms with van der Waals surface area (Å²) in [7, 11) is 0. The molecule has 0 bridgehead atoms. The van der Waals surface area contributed by atoms with Crippen LogP contribution >= 0.6 is 0 Å². The molecule has 0 saturated heterocycles. The van der Waals surface area contributed by atoms with Crippen LogP contribution in [0.1, 0.15) is 23.4 Å². The first kappa shape index (κ1) is 13.1. The average molecular weight is 260 g/mol. The molecule has 0 amide bonds. The summed E-state index contributed by atoms with van der Waals surface area (Å²) in [6.45, 7) is 3.77. The molecule has 0 unspecified atom stereocenters. The number of benzene rings is 1. The first-order valence-electron chi connectivity index (χ1n) is 6.05. The Morgan fingerprint density at radius 2 is 2.11 bits per heavy atom. The molecule has 1 heterocycles. The summed E-state index contributed by atoms with van der Waals surface area (Å²) in [5.41, 5.74) is 3.44. The Kier molecular flexibility index (Phi) is 3.55. The van der Waals surface area contributed by atoms with Gasteiger partial charge < -0.3 is 10.2 Å². The zero-order chi connectivity index (χ0) is 14.0. The number of aromatic nitrogens is 2. The number of carbonyl (C=O) groups is 1. The van der Waals surface area contributed by atoms with E-state index < -0.39 is 5.97 Å². The minimum atomic E-state index is -0.816. The zero-order valence-corrected chi connectivity index (χ0v) is 10.9. The highest BCUT2D eigenvalue weighted by Crippen LogP contribution is 2.21. The van der Waals surface area contributed by atoms with Crippen LogP contribution in [0.3, 0.4) is 0 Å². The van der Waals surface area contributed by atoms with Gasteiger partial charge in [-0.25, -0.2) is 4.68 Å². The fourth-order valence-corrected chi connectivity index (χ4v) is 2.14. The quantitative estimate of drug-likeness (QED) is 0.883. The van der Waals surface area contributed by atoms with Gasteiger partial charge in [0, 0.05) is 18.2 Å². The lowest BCUT2D eigenvalue weighted by atomic mass is 10.1. The Labute approximate surface area is 111 Å². The maximum Gasteiger partial charge on any atom is 0.303 e. The van der Waals surface area contributed by atoms with Crippen molar-refractivity contribution in [1.82, 2.24) is 9.78 Å². The van der Waals surface area contributed by atoms with Crippen LogP contribution in [-0.2, 0) is 11.2 Å². The van der Waals surface area contributed by atoms with Crippen molar-refractivity contribution in [3.63, 3.8) is 0 Å². The number of rotatable bonds is 4. The van der Waals surface area contributed by atoms with Crippen molar-refractivity contribution in [2.45, 2.75) is 26.7 Å². The topological polar surface area (TPSA) is 75.3 Å². The second-order valence-electron chi connectivity index (χ2n) is 4.47. The molecule has 2 aromatic rings. The second kappa shape index (κ2) is 5.14. The van der Waals surface area contributed by atoms with Crippen LogP contribution in [0.4, 0.5) is 0 Å². The van der Waals surface area contributed by atoms with Crippen molar-refractivity contribution in [2.75, 3.05) is 0 Å². The number of phenols is 1. The molecule has 2 rings (SSSR count). The number of phenolic OH excluding ortho intramolecular Hbond substituents is 1. The molecule has 0 aliphatic carbocycles. The van der Waals surface area contributed by atoms with Crippen molar-refractivity contribution in [3.8, 4) is 11.4 Å². The summed E-state index contributed by atoms with van der Waals surface area (Å²) in [5.74, 6) is -0.638. The third-order valence-electron chi connectivity index (χ3n) is 3.10. The third kappa shape index (κ3) is 2.76. The number of aromatic hydroxyl groups is 1. The summed E-state index contributed by atoms with van der Waals surface area (Å²) in [6, 6.07) is 6.82. The summed E-state index contributed by atoms with van der Waals surface area (Å²) in [4.78, 5) is 10.7. The van der Waals surface area contributed by atoms with Crippen molar-refractivity contribution in [1.29, 1.82) is 0 Å². The standard InChI is InChI=1S/C14H16N2O3/c1-9-13(6-7-14(18)19)10(2)16(15-9)11-4-3-5-12(17)8-11/h3-5,8,17H,6-7H2,1-2H3,(H,18,19). The number of hydrogen-bond donors (Lipinski definition) is 2. The van der Waals surface area contributed by atoms with Gasteiger partial charge in [-0.3, -0.25) is 4.79 Å². The van der Waals surface area contributed by atoms with Gasteiger partial charge in [-0.05, 0) is 38.0 Å². The highest BCUT2D eigenvalue weighted by atomic mass is 16.4. The Morgan fingerprint density at radius 3 is 2.74 bits per heavy atom. The van der Waals surface area contributed by atoms with E-state index in [9.17, 15) is 9.90 Å². The molecule has 5 nitrogen and oxygen atoms in total. The fraction of sp³-hybridized carbons (Fsp3) is 0.286. The summed E-state index contributed by atoms with van der Waals surface area (Å²) < 4.78 is 1.73. The average Bonchev–Trinajstić information content (AvgIpc) is 2.62. The van der Waals surface area contributed by atoms with Crippen molar-refractivity contribution >= 4 is 5.97 Å². The highest BCUT2D eigenvalue weighted by molar-refractivity contribution is 5.67. The van der Waals surface area contributed by atoms with E-state index in [0.717, 1.165) is 22.6 Å². The molecule has 100 valence electrons. The van der Waals surface area contributed by atoms with Crippen LogP contribution in [0.2, 0.25) is 0 Å². The molecule has 5 heteroatoms. The van der Waals surface area contributed by atoms with E-state index in [4.69, 9.17) is 5.11 Å². The summed E-state index contributed by atoms with van der Waals surface area (Å²) >= 11 is 0. The van der Waals surface area contributed by atoms with Crippen molar-refractivity contribution in [2.24, 2.45) is 0 Å².